The van der Waals surface area contributed by atoms with Crippen molar-refractivity contribution in [3.05, 3.63) is 78.2 Å². The van der Waals surface area contributed by atoms with E-state index in [1.807, 2.05) is 62.6 Å². The fraction of sp³-hybridized carbons (Fsp3) is 0.250. The number of hydrogen-bond acceptors (Lipinski definition) is 5. The highest BCUT2D eigenvalue weighted by Crippen LogP contribution is 2.26. The number of ether oxygens (including phenoxy) is 1. The normalized spacial score (nSPS) is 12.1. The van der Waals surface area contributed by atoms with Gasteiger partial charge in [0.2, 0.25) is 0 Å². The Morgan fingerprint density at radius 1 is 1.10 bits per heavy atom. The summed E-state index contributed by atoms with van der Waals surface area (Å²) in [5.41, 5.74) is 3.45. The number of hydrogen-bond donors (Lipinski definition) is 2. The minimum Gasteiger partial charge on any atom is -0.494 e. The molecule has 0 saturated heterocycles. The molecule has 7 heteroatoms. The monoisotopic (exact) mass is 419 g/mol. The van der Waals surface area contributed by atoms with Crippen molar-refractivity contribution >= 4 is 11.5 Å². The summed E-state index contributed by atoms with van der Waals surface area (Å²) in [6, 6.07) is 18.2. The Balaban J connectivity index is 1.56. The minimum absolute atomic E-state index is 0.0954. The van der Waals surface area contributed by atoms with Crippen LogP contribution in [0.3, 0.4) is 0 Å². The number of nitrogens with zero attached hydrogens (tertiary/aromatic N) is 3. The molecule has 0 aliphatic rings. The van der Waals surface area contributed by atoms with Crippen LogP contribution in [-0.4, -0.2) is 34.8 Å². The maximum absolute atomic E-state index is 13.6. The molecule has 4 rings (SSSR count). The lowest BCUT2D eigenvalue weighted by atomic mass is 10.1. The Labute approximate surface area is 181 Å². The number of imidazole rings is 1. The first-order valence-electron chi connectivity index (χ1n) is 10.4. The SMILES string of the molecule is CNCCCOc1cccc(-c2cnc3ccc(N[C@H](C)c4cccc(F)c4)nn23)c1. The molecule has 31 heavy (non-hydrogen) atoms. The van der Waals surface area contributed by atoms with Crippen LogP contribution in [0.15, 0.2) is 66.9 Å². The maximum atomic E-state index is 13.6. The minimum atomic E-state index is -0.250. The van der Waals surface area contributed by atoms with E-state index < -0.39 is 0 Å². The molecule has 160 valence electrons. The van der Waals surface area contributed by atoms with Gasteiger partial charge in [-0.25, -0.2) is 13.9 Å². The summed E-state index contributed by atoms with van der Waals surface area (Å²) in [6.45, 7) is 3.55. The second-order valence-electron chi connectivity index (χ2n) is 7.39. The summed E-state index contributed by atoms with van der Waals surface area (Å²) in [5, 5.41) is 11.2. The smallest absolute Gasteiger partial charge is 0.154 e. The Morgan fingerprint density at radius 2 is 1.97 bits per heavy atom. The molecule has 0 aliphatic heterocycles. The third kappa shape index (κ3) is 5.00. The van der Waals surface area contributed by atoms with Crippen LogP contribution in [0.25, 0.3) is 16.9 Å². The highest BCUT2D eigenvalue weighted by molar-refractivity contribution is 5.65. The van der Waals surface area contributed by atoms with Crippen LogP contribution in [0.4, 0.5) is 10.2 Å². The number of aromatic nitrogens is 3. The standard InChI is InChI=1S/C24H26FN5O/c1-17(18-6-3-8-20(25)14-18)28-23-10-11-24-27-16-22(30(24)29-23)19-7-4-9-21(15-19)31-13-5-12-26-2/h3-4,6-11,14-17,26H,5,12-13H2,1-2H3,(H,28,29)/t17-/m1/s1. The Bertz CT molecular complexity index is 1160. The van der Waals surface area contributed by atoms with Crippen molar-refractivity contribution in [1.29, 1.82) is 0 Å². The van der Waals surface area contributed by atoms with E-state index in [-0.39, 0.29) is 11.9 Å². The molecule has 0 amide bonds. The average Bonchev–Trinajstić information content (AvgIpc) is 3.20. The van der Waals surface area contributed by atoms with Gasteiger partial charge in [-0.15, -0.1) is 5.10 Å². The van der Waals surface area contributed by atoms with Gasteiger partial charge in [0.15, 0.2) is 5.65 Å². The molecule has 0 spiro atoms. The Morgan fingerprint density at radius 3 is 2.81 bits per heavy atom. The Kier molecular flexibility index (Phi) is 6.43. The van der Waals surface area contributed by atoms with Gasteiger partial charge in [0, 0.05) is 5.56 Å². The summed E-state index contributed by atoms with van der Waals surface area (Å²) in [5.74, 6) is 1.25. The molecule has 0 unspecified atom stereocenters. The maximum Gasteiger partial charge on any atom is 0.154 e. The number of rotatable bonds is 9. The van der Waals surface area contributed by atoms with Crippen LogP contribution >= 0.6 is 0 Å². The summed E-state index contributed by atoms with van der Waals surface area (Å²) < 4.78 is 21.2. The molecular weight excluding hydrogens is 393 g/mol. The third-order valence-corrected chi connectivity index (χ3v) is 5.05. The van der Waals surface area contributed by atoms with Crippen LogP contribution in [0, 0.1) is 5.82 Å². The van der Waals surface area contributed by atoms with Crippen LogP contribution in [0.2, 0.25) is 0 Å². The molecule has 1 atom stereocenters. The highest BCUT2D eigenvalue weighted by atomic mass is 19.1. The second kappa shape index (κ2) is 9.57. The predicted octanol–water partition coefficient (Wildman–Crippen LogP) is 4.70. The first kappa shape index (κ1) is 20.8. The molecule has 2 N–H and O–H groups in total. The van der Waals surface area contributed by atoms with E-state index >= 15 is 0 Å². The van der Waals surface area contributed by atoms with Gasteiger partial charge < -0.3 is 15.4 Å². The van der Waals surface area contributed by atoms with Crippen LogP contribution < -0.4 is 15.4 Å². The van der Waals surface area contributed by atoms with Gasteiger partial charge in [-0.05, 0) is 68.9 Å². The number of anilines is 1. The zero-order valence-corrected chi connectivity index (χ0v) is 17.7. The van der Waals surface area contributed by atoms with Gasteiger partial charge in [0.05, 0.1) is 24.5 Å². The molecular formula is C24H26FN5O. The molecule has 4 aromatic rings. The van der Waals surface area contributed by atoms with Gasteiger partial charge in [0.1, 0.15) is 17.4 Å². The molecule has 2 aromatic carbocycles. The van der Waals surface area contributed by atoms with Crippen LogP contribution in [-0.2, 0) is 0 Å². The summed E-state index contributed by atoms with van der Waals surface area (Å²) in [6.07, 6.45) is 2.75. The van der Waals surface area contributed by atoms with E-state index in [2.05, 4.69) is 15.6 Å². The molecule has 0 saturated carbocycles. The quantitative estimate of drug-likeness (QED) is 0.385. The van der Waals surface area contributed by atoms with E-state index in [1.165, 1.54) is 12.1 Å². The van der Waals surface area contributed by atoms with Crippen molar-refractivity contribution < 1.29 is 9.13 Å². The number of halogens is 1. The van der Waals surface area contributed by atoms with Crippen molar-refractivity contribution in [2.24, 2.45) is 0 Å². The number of fused-ring (bicyclic) bond motifs is 1. The molecule has 0 bridgehead atoms. The zero-order chi connectivity index (χ0) is 21.6. The van der Waals surface area contributed by atoms with Gasteiger partial charge in [-0.3, -0.25) is 0 Å². The van der Waals surface area contributed by atoms with Crippen molar-refractivity contribution in [3.8, 4) is 17.0 Å². The van der Waals surface area contributed by atoms with Crippen molar-refractivity contribution in [2.45, 2.75) is 19.4 Å². The number of nitrogens with one attached hydrogen (secondary N) is 2. The summed E-state index contributed by atoms with van der Waals surface area (Å²) >= 11 is 0. The lowest BCUT2D eigenvalue weighted by molar-refractivity contribution is 0.310. The largest absolute Gasteiger partial charge is 0.494 e. The zero-order valence-electron chi connectivity index (χ0n) is 17.7. The highest BCUT2D eigenvalue weighted by Gasteiger charge is 2.11. The van der Waals surface area contributed by atoms with E-state index in [0.717, 1.165) is 41.2 Å². The Hall–Kier alpha value is -3.45. The van der Waals surface area contributed by atoms with Gasteiger partial charge in [0.25, 0.3) is 0 Å². The van der Waals surface area contributed by atoms with E-state index in [0.29, 0.717) is 12.4 Å². The van der Waals surface area contributed by atoms with E-state index in [1.54, 1.807) is 10.6 Å². The lowest BCUT2D eigenvalue weighted by Gasteiger charge is -2.15. The molecule has 0 fully saturated rings. The van der Waals surface area contributed by atoms with Crippen molar-refractivity contribution in [2.75, 3.05) is 25.5 Å². The topological polar surface area (TPSA) is 63.5 Å². The molecule has 0 aliphatic carbocycles. The fourth-order valence-electron chi connectivity index (χ4n) is 3.41. The molecule has 0 radical (unpaired) electrons. The molecule has 2 aromatic heterocycles. The van der Waals surface area contributed by atoms with Gasteiger partial charge in [-0.2, -0.15) is 0 Å². The fourth-order valence-corrected chi connectivity index (χ4v) is 3.41. The molecule has 6 nitrogen and oxygen atoms in total. The van der Waals surface area contributed by atoms with Crippen LogP contribution in [0.5, 0.6) is 5.75 Å². The third-order valence-electron chi connectivity index (χ3n) is 5.05. The van der Waals surface area contributed by atoms with Gasteiger partial charge in [-0.1, -0.05) is 24.3 Å². The first-order valence-corrected chi connectivity index (χ1v) is 10.4. The summed E-state index contributed by atoms with van der Waals surface area (Å²) in [7, 11) is 1.93. The lowest BCUT2D eigenvalue weighted by Crippen LogP contribution is -2.11. The predicted molar refractivity (Wildman–Crippen MR) is 121 cm³/mol. The molecule has 2 heterocycles. The van der Waals surface area contributed by atoms with Crippen molar-refractivity contribution in [1.82, 2.24) is 19.9 Å². The van der Waals surface area contributed by atoms with Gasteiger partial charge >= 0.3 is 0 Å². The number of benzene rings is 2. The van der Waals surface area contributed by atoms with Crippen molar-refractivity contribution in [3.63, 3.8) is 0 Å². The second-order valence-corrected chi connectivity index (χ2v) is 7.39. The van der Waals surface area contributed by atoms with Crippen LogP contribution in [0.1, 0.15) is 24.9 Å². The first-order chi connectivity index (χ1) is 15.1. The summed E-state index contributed by atoms with van der Waals surface area (Å²) in [4.78, 5) is 4.48. The van der Waals surface area contributed by atoms with E-state index in [4.69, 9.17) is 9.84 Å². The average molecular weight is 420 g/mol. The van der Waals surface area contributed by atoms with E-state index in [9.17, 15) is 4.39 Å².